The lowest BCUT2D eigenvalue weighted by molar-refractivity contribution is 0.627. The summed E-state index contributed by atoms with van der Waals surface area (Å²) in [6.45, 7) is 1.74. The van der Waals surface area contributed by atoms with Crippen molar-refractivity contribution in [2.75, 3.05) is 0 Å². The second-order valence-electron chi connectivity index (χ2n) is 3.60. The standard InChI is InChI=1S/C12H8FN3O/c1-7-2-8(4-10(13)3-7)11-15-6-9(5-14)12(17)16-11/h2-4,6H,1H3,(H,15,16,17). The molecule has 5 heteroatoms. The minimum atomic E-state index is -0.528. The number of halogens is 1. The molecule has 0 bridgehead atoms. The van der Waals surface area contributed by atoms with Crippen molar-refractivity contribution in [2.45, 2.75) is 6.92 Å². The molecule has 84 valence electrons. The van der Waals surface area contributed by atoms with Gasteiger partial charge in [0.25, 0.3) is 5.56 Å². The van der Waals surface area contributed by atoms with E-state index >= 15 is 0 Å². The zero-order valence-corrected chi connectivity index (χ0v) is 8.99. The Hall–Kier alpha value is -2.48. The van der Waals surface area contributed by atoms with Crippen molar-refractivity contribution in [2.24, 2.45) is 0 Å². The number of benzene rings is 1. The maximum Gasteiger partial charge on any atom is 0.269 e. The number of H-pyrrole nitrogens is 1. The quantitative estimate of drug-likeness (QED) is 0.809. The van der Waals surface area contributed by atoms with Gasteiger partial charge in [-0.05, 0) is 30.7 Å². The average molecular weight is 229 g/mol. The number of aromatic nitrogens is 2. The first kappa shape index (κ1) is 11.0. The summed E-state index contributed by atoms with van der Waals surface area (Å²) in [7, 11) is 0. The minimum absolute atomic E-state index is 0.0677. The first-order valence-electron chi connectivity index (χ1n) is 4.87. The fourth-order valence-corrected chi connectivity index (χ4v) is 1.49. The van der Waals surface area contributed by atoms with Crippen LogP contribution in [0.2, 0.25) is 0 Å². The molecule has 0 fully saturated rings. The Kier molecular flexibility index (Phi) is 2.71. The van der Waals surface area contributed by atoms with E-state index in [0.717, 1.165) is 5.56 Å². The summed E-state index contributed by atoms with van der Waals surface area (Å²) in [6, 6.07) is 6.07. The smallest absolute Gasteiger partial charge is 0.269 e. The van der Waals surface area contributed by atoms with E-state index in [2.05, 4.69) is 9.97 Å². The molecule has 0 atom stereocenters. The number of hydrogen-bond acceptors (Lipinski definition) is 3. The summed E-state index contributed by atoms with van der Waals surface area (Å²) in [5.41, 5.74) is 0.609. The summed E-state index contributed by atoms with van der Waals surface area (Å²) in [5.74, 6) is -0.149. The Morgan fingerprint density at radius 1 is 1.41 bits per heavy atom. The minimum Gasteiger partial charge on any atom is -0.305 e. The molecule has 0 saturated heterocycles. The predicted molar refractivity (Wildman–Crippen MR) is 59.7 cm³/mol. The highest BCUT2D eigenvalue weighted by atomic mass is 19.1. The van der Waals surface area contributed by atoms with Crippen LogP contribution in [0, 0.1) is 24.1 Å². The first-order chi connectivity index (χ1) is 8.10. The number of nitrogens with one attached hydrogen (secondary N) is 1. The van der Waals surface area contributed by atoms with Crippen LogP contribution in [0.25, 0.3) is 11.4 Å². The van der Waals surface area contributed by atoms with Gasteiger partial charge in [-0.2, -0.15) is 5.26 Å². The van der Waals surface area contributed by atoms with Gasteiger partial charge < -0.3 is 4.98 Å². The van der Waals surface area contributed by atoms with E-state index in [1.165, 1.54) is 18.3 Å². The molecule has 0 saturated carbocycles. The molecular weight excluding hydrogens is 221 g/mol. The van der Waals surface area contributed by atoms with Gasteiger partial charge in [-0.1, -0.05) is 0 Å². The Morgan fingerprint density at radius 2 is 2.18 bits per heavy atom. The van der Waals surface area contributed by atoms with Gasteiger partial charge in [-0.25, -0.2) is 9.37 Å². The van der Waals surface area contributed by atoms with Crippen molar-refractivity contribution in [1.29, 1.82) is 5.26 Å². The van der Waals surface area contributed by atoms with Crippen molar-refractivity contribution >= 4 is 0 Å². The van der Waals surface area contributed by atoms with Crippen LogP contribution < -0.4 is 5.56 Å². The molecule has 0 radical (unpaired) electrons. The maximum absolute atomic E-state index is 13.2. The van der Waals surface area contributed by atoms with Gasteiger partial charge in [0.1, 0.15) is 23.3 Å². The van der Waals surface area contributed by atoms with Crippen LogP contribution in [0.15, 0.2) is 29.2 Å². The molecule has 17 heavy (non-hydrogen) atoms. The molecule has 0 aliphatic carbocycles. The second kappa shape index (κ2) is 4.18. The van der Waals surface area contributed by atoms with Crippen LogP contribution in [0.3, 0.4) is 0 Å². The topological polar surface area (TPSA) is 69.5 Å². The van der Waals surface area contributed by atoms with Gasteiger partial charge in [-0.15, -0.1) is 0 Å². The van der Waals surface area contributed by atoms with E-state index in [1.54, 1.807) is 19.1 Å². The van der Waals surface area contributed by atoms with E-state index in [-0.39, 0.29) is 11.4 Å². The fraction of sp³-hybridized carbons (Fsp3) is 0.0833. The van der Waals surface area contributed by atoms with Gasteiger partial charge in [0, 0.05) is 5.56 Å². The SMILES string of the molecule is Cc1cc(F)cc(-c2ncc(C#N)c(=O)[nH]2)c1. The number of nitriles is 1. The molecular formula is C12H8FN3O. The number of nitrogens with zero attached hydrogens (tertiary/aromatic N) is 2. The first-order valence-corrected chi connectivity index (χ1v) is 4.87. The van der Waals surface area contributed by atoms with E-state index in [9.17, 15) is 9.18 Å². The van der Waals surface area contributed by atoms with E-state index in [0.29, 0.717) is 5.56 Å². The summed E-state index contributed by atoms with van der Waals surface area (Å²) < 4.78 is 13.2. The molecule has 1 N–H and O–H groups in total. The van der Waals surface area contributed by atoms with Gasteiger partial charge in [-0.3, -0.25) is 4.79 Å². The molecule has 0 spiro atoms. The highest BCUT2D eigenvalue weighted by Gasteiger charge is 2.06. The van der Waals surface area contributed by atoms with Crippen LogP contribution in [-0.4, -0.2) is 9.97 Å². The molecule has 0 aliphatic heterocycles. The van der Waals surface area contributed by atoms with Crippen LogP contribution in [0.4, 0.5) is 4.39 Å². The summed E-state index contributed by atoms with van der Waals surface area (Å²) in [6.07, 6.45) is 1.18. The largest absolute Gasteiger partial charge is 0.305 e. The van der Waals surface area contributed by atoms with Crippen molar-refractivity contribution in [3.05, 3.63) is 51.7 Å². The van der Waals surface area contributed by atoms with Gasteiger partial charge in [0.2, 0.25) is 0 Å². The molecule has 0 aliphatic rings. The highest BCUT2D eigenvalue weighted by molar-refractivity contribution is 5.56. The summed E-state index contributed by atoms with van der Waals surface area (Å²) >= 11 is 0. The molecule has 1 aromatic heterocycles. The van der Waals surface area contributed by atoms with Gasteiger partial charge in [0.05, 0.1) is 6.20 Å². The molecule has 0 amide bonds. The third-order valence-electron chi connectivity index (χ3n) is 2.24. The Morgan fingerprint density at radius 3 is 2.76 bits per heavy atom. The number of aromatic amines is 1. The number of rotatable bonds is 1. The van der Waals surface area contributed by atoms with Crippen molar-refractivity contribution in [1.82, 2.24) is 9.97 Å². The van der Waals surface area contributed by atoms with E-state index in [4.69, 9.17) is 5.26 Å². The maximum atomic E-state index is 13.2. The highest BCUT2D eigenvalue weighted by Crippen LogP contribution is 2.16. The molecule has 4 nitrogen and oxygen atoms in total. The monoisotopic (exact) mass is 229 g/mol. The van der Waals surface area contributed by atoms with E-state index < -0.39 is 11.4 Å². The lowest BCUT2D eigenvalue weighted by Crippen LogP contribution is -2.12. The second-order valence-corrected chi connectivity index (χ2v) is 3.60. The molecule has 2 aromatic rings. The van der Waals surface area contributed by atoms with Crippen LogP contribution >= 0.6 is 0 Å². The lowest BCUT2D eigenvalue weighted by atomic mass is 10.1. The van der Waals surface area contributed by atoms with Crippen molar-refractivity contribution in [3.63, 3.8) is 0 Å². The molecule has 1 aromatic carbocycles. The molecule has 2 rings (SSSR count). The third kappa shape index (κ3) is 2.21. The van der Waals surface area contributed by atoms with E-state index in [1.807, 2.05) is 0 Å². The summed E-state index contributed by atoms with van der Waals surface area (Å²) in [5, 5.41) is 8.60. The summed E-state index contributed by atoms with van der Waals surface area (Å²) in [4.78, 5) is 17.8. The normalized spacial score (nSPS) is 9.94. The lowest BCUT2D eigenvalue weighted by Gasteiger charge is -2.02. The van der Waals surface area contributed by atoms with Crippen LogP contribution in [0.5, 0.6) is 0 Å². The van der Waals surface area contributed by atoms with Gasteiger partial charge >= 0.3 is 0 Å². The number of aryl methyl sites for hydroxylation is 1. The van der Waals surface area contributed by atoms with Crippen LogP contribution in [0.1, 0.15) is 11.1 Å². The predicted octanol–water partition coefficient (Wildman–Crippen LogP) is 1.76. The zero-order valence-electron chi connectivity index (χ0n) is 8.99. The van der Waals surface area contributed by atoms with Crippen LogP contribution in [-0.2, 0) is 0 Å². The Balaban J connectivity index is 2.58. The molecule has 1 heterocycles. The zero-order chi connectivity index (χ0) is 12.4. The van der Waals surface area contributed by atoms with Crippen molar-refractivity contribution < 1.29 is 4.39 Å². The number of hydrogen-bond donors (Lipinski definition) is 1. The third-order valence-corrected chi connectivity index (χ3v) is 2.24. The fourth-order valence-electron chi connectivity index (χ4n) is 1.49. The Bertz CT molecular complexity index is 650. The molecule has 0 unspecified atom stereocenters. The average Bonchev–Trinajstić information content (AvgIpc) is 2.27. The Labute approximate surface area is 96.4 Å². The van der Waals surface area contributed by atoms with Gasteiger partial charge in [0.15, 0.2) is 0 Å². The van der Waals surface area contributed by atoms with Crippen molar-refractivity contribution in [3.8, 4) is 17.5 Å².